The number of aromatic nitrogens is 2. The van der Waals surface area contributed by atoms with Gasteiger partial charge in [0.2, 0.25) is 6.29 Å². The Bertz CT molecular complexity index is 1180. The van der Waals surface area contributed by atoms with E-state index in [-0.39, 0.29) is 31.1 Å². The summed E-state index contributed by atoms with van der Waals surface area (Å²) in [7, 11) is 0. The van der Waals surface area contributed by atoms with Gasteiger partial charge in [-0.1, -0.05) is 36.4 Å². The highest BCUT2D eigenvalue weighted by Gasteiger charge is 2.27. The lowest BCUT2D eigenvalue weighted by atomic mass is 10.1. The van der Waals surface area contributed by atoms with Crippen LogP contribution in [0.5, 0.6) is 0 Å². The van der Waals surface area contributed by atoms with Gasteiger partial charge in [-0.3, -0.25) is 9.59 Å². The summed E-state index contributed by atoms with van der Waals surface area (Å²) in [5, 5.41) is 2.25. The molecule has 2 atom stereocenters. The fourth-order valence-corrected chi connectivity index (χ4v) is 4.49. The van der Waals surface area contributed by atoms with Gasteiger partial charge in [0.15, 0.2) is 0 Å². The average Bonchev–Trinajstić information content (AvgIpc) is 3.47. The van der Waals surface area contributed by atoms with E-state index in [1.165, 1.54) is 0 Å². The number of aryl methyl sites for hydroxylation is 2. The highest BCUT2D eigenvalue weighted by molar-refractivity contribution is 5.84. The normalized spacial score (nSPS) is 18.2. The number of hydrogen-bond acceptors (Lipinski definition) is 5. The maximum absolute atomic E-state index is 12.3. The van der Waals surface area contributed by atoms with E-state index < -0.39 is 6.29 Å². The highest BCUT2D eigenvalue weighted by Crippen LogP contribution is 2.22. The van der Waals surface area contributed by atoms with Crippen LogP contribution in [0.1, 0.15) is 36.8 Å². The van der Waals surface area contributed by atoms with Crippen LogP contribution < -0.4 is 0 Å². The zero-order chi connectivity index (χ0) is 23.3. The summed E-state index contributed by atoms with van der Waals surface area (Å²) in [5.74, 6) is -0.530. The van der Waals surface area contributed by atoms with Gasteiger partial charge in [0, 0.05) is 53.5 Å². The van der Waals surface area contributed by atoms with Gasteiger partial charge in [-0.05, 0) is 42.5 Å². The van der Waals surface area contributed by atoms with Crippen LogP contribution in [-0.4, -0.2) is 40.9 Å². The van der Waals surface area contributed by atoms with Crippen LogP contribution in [0.2, 0.25) is 0 Å². The zero-order valence-corrected chi connectivity index (χ0v) is 18.9. The number of nitrogens with one attached hydrogen (secondary N) is 2. The predicted molar refractivity (Wildman–Crippen MR) is 128 cm³/mol. The first-order valence-electron chi connectivity index (χ1n) is 11.8. The second-order valence-electron chi connectivity index (χ2n) is 8.66. The van der Waals surface area contributed by atoms with E-state index in [4.69, 9.17) is 14.2 Å². The number of para-hydroxylation sites is 2. The molecule has 0 aliphatic carbocycles. The second-order valence-corrected chi connectivity index (χ2v) is 8.66. The number of H-pyrrole nitrogens is 2. The lowest BCUT2D eigenvalue weighted by molar-refractivity contribution is -0.204. The van der Waals surface area contributed by atoms with Crippen LogP contribution in [0, 0.1) is 0 Å². The largest absolute Gasteiger partial charge is 0.460 e. The molecule has 2 aromatic heterocycles. The minimum Gasteiger partial charge on any atom is -0.460 e. The minimum atomic E-state index is -0.586. The van der Waals surface area contributed by atoms with E-state index in [0.29, 0.717) is 32.1 Å². The molecule has 1 saturated heterocycles. The Balaban J connectivity index is 1.02. The van der Waals surface area contributed by atoms with E-state index in [1.54, 1.807) is 0 Å². The van der Waals surface area contributed by atoms with Gasteiger partial charge in [0.25, 0.3) is 0 Å². The third-order valence-corrected chi connectivity index (χ3v) is 6.30. The van der Waals surface area contributed by atoms with Crippen molar-refractivity contribution in [1.82, 2.24) is 9.97 Å². The Hall–Kier alpha value is -3.58. The van der Waals surface area contributed by atoms with Gasteiger partial charge >= 0.3 is 11.9 Å². The molecule has 0 spiro atoms. The van der Waals surface area contributed by atoms with E-state index in [1.807, 2.05) is 60.9 Å². The predicted octanol–water partition coefficient (Wildman–Crippen LogP) is 4.81. The summed E-state index contributed by atoms with van der Waals surface area (Å²) in [6, 6.07) is 16.0. The molecule has 7 nitrogen and oxygen atoms in total. The molecule has 0 amide bonds. The fraction of sp³-hybridized carbons (Fsp3) is 0.333. The number of ether oxygens (including phenoxy) is 3. The van der Waals surface area contributed by atoms with E-state index >= 15 is 0 Å². The van der Waals surface area contributed by atoms with Crippen molar-refractivity contribution in [3.63, 3.8) is 0 Å². The molecular weight excluding hydrogens is 432 g/mol. The van der Waals surface area contributed by atoms with Gasteiger partial charge in [0.1, 0.15) is 6.10 Å². The quantitative estimate of drug-likeness (QED) is 0.368. The van der Waals surface area contributed by atoms with Crippen LogP contribution in [0.25, 0.3) is 21.8 Å². The number of aromatic amines is 2. The van der Waals surface area contributed by atoms with Crippen molar-refractivity contribution in [2.75, 3.05) is 6.61 Å². The van der Waals surface area contributed by atoms with Crippen LogP contribution in [0.15, 0.2) is 60.9 Å². The van der Waals surface area contributed by atoms with E-state index in [0.717, 1.165) is 32.9 Å². The topological polar surface area (TPSA) is 93.4 Å². The Kier molecular flexibility index (Phi) is 6.62. The standard InChI is InChI=1S/C27H28N2O5/c30-25(12-9-18-15-28-23-7-3-1-5-21(18)23)33-20-11-14-27(32-17-20)34-26(31)13-10-19-16-29-24-8-4-2-6-22(19)24/h1-8,15-16,20,27-29H,9-14,17H2/t20-,27-/m0/s1. The SMILES string of the molecule is O=C(CCc1c[nH]c2ccccc12)O[C@H]1CC[C@H](OC(=O)CCc2c[nH]c3ccccc23)OC1. The molecule has 34 heavy (non-hydrogen) atoms. The molecule has 5 rings (SSSR count). The average molecular weight is 461 g/mol. The van der Waals surface area contributed by atoms with Crippen LogP contribution in [0.4, 0.5) is 0 Å². The highest BCUT2D eigenvalue weighted by atomic mass is 16.7. The molecule has 0 unspecified atom stereocenters. The van der Waals surface area contributed by atoms with Gasteiger partial charge in [-0.15, -0.1) is 0 Å². The summed E-state index contributed by atoms with van der Waals surface area (Å²) in [6.45, 7) is 0.235. The Morgan fingerprint density at radius 1 is 0.794 bits per heavy atom. The van der Waals surface area contributed by atoms with Crippen molar-refractivity contribution >= 4 is 33.7 Å². The summed E-state index contributed by atoms with van der Waals surface area (Å²) in [5.41, 5.74) is 4.32. The molecular formula is C27H28N2O5. The van der Waals surface area contributed by atoms with Crippen LogP contribution in [0.3, 0.4) is 0 Å². The monoisotopic (exact) mass is 460 g/mol. The van der Waals surface area contributed by atoms with E-state index in [9.17, 15) is 9.59 Å². The lowest BCUT2D eigenvalue weighted by Gasteiger charge is -2.28. The minimum absolute atomic E-state index is 0.235. The van der Waals surface area contributed by atoms with Crippen LogP contribution in [-0.2, 0) is 36.6 Å². The Labute approximate surface area is 197 Å². The number of benzene rings is 2. The number of hydrogen-bond donors (Lipinski definition) is 2. The maximum Gasteiger partial charge on any atom is 0.308 e. The molecule has 176 valence electrons. The molecule has 7 heteroatoms. The summed E-state index contributed by atoms with van der Waals surface area (Å²) in [4.78, 5) is 31.1. The van der Waals surface area contributed by atoms with Crippen molar-refractivity contribution < 1.29 is 23.8 Å². The van der Waals surface area contributed by atoms with Crippen molar-refractivity contribution in [2.24, 2.45) is 0 Å². The van der Waals surface area contributed by atoms with Crippen LogP contribution >= 0.6 is 0 Å². The number of carbonyl (C=O) groups is 2. The second kappa shape index (κ2) is 10.1. The van der Waals surface area contributed by atoms with Gasteiger partial charge < -0.3 is 24.2 Å². The Morgan fingerprint density at radius 2 is 1.35 bits per heavy atom. The van der Waals surface area contributed by atoms with Crippen molar-refractivity contribution in [1.29, 1.82) is 0 Å². The molecule has 2 N–H and O–H groups in total. The maximum atomic E-state index is 12.3. The Morgan fingerprint density at radius 3 is 1.91 bits per heavy atom. The van der Waals surface area contributed by atoms with Crippen molar-refractivity contribution in [2.45, 2.75) is 50.9 Å². The third kappa shape index (κ3) is 5.15. The first-order chi connectivity index (χ1) is 16.7. The number of rotatable bonds is 8. The fourth-order valence-electron chi connectivity index (χ4n) is 4.49. The van der Waals surface area contributed by atoms with Crippen molar-refractivity contribution in [3.05, 3.63) is 72.1 Å². The summed E-state index contributed by atoms with van der Waals surface area (Å²) < 4.78 is 16.7. The first kappa shape index (κ1) is 22.2. The molecule has 1 aliphatic rings. The molecule has 1 fully saturated rings. The molecule has 2 aromatic carbocycles. The van der Waals surface area contributed by atoms with Gasteiger partial charge in [-0.2, -0.15) is 0 Å². The summed E-state index contributed by atoms with van der Waals surface area (Å²) in [6.07, 6.45) is 5.93. The molecule has 0 radical (unpaired) electrons. The first-order valence-corrected chi connectivity index (χ1v) is 11.8. The number of esters is 2. The molecule has 0 saturated carbocycles. The molecule has 0 bridgehead atoms. The van der Waals surface area contributed by atoms with Crippen molar-refractivity contribution in [3.8, 4) is 0 Å². The summed E-state index contributed by atoms with van der Waals surface area (Å²) >= 11 is 0. The zero-order valence-electron chi connectivity index (χ0n) is 18.9. The van der Waals surface area contributed by atoms with Gasteiger partial charge in [-0.25, -0.2) is 0 Å². The lowest BCUT2D eigenvalue weighted by Crippen LogP contribution is -2.35. The van der Waals surface area contributed by atoms with E-state index in [2.05, 4.69) is 9.97 Å². The number of fused-ring (bicyclic) bond motifs is 2. The number of carbonyl (C=O) groups excluding carboxylic acids is 2. The van der Waals surface area contributed by atoms with Gasteiger partial charge in [0.05, 0.1) is 6.61 Å². The molecule has 3 heterocycles. The third-order valence-electron chi connectivity index (χ3n) is 6.30. The molecule has 4 aromatic rings. The molecule has 1 aliphatic heterocycles. The smallest absolute Gasteiger partial charge is 0.308 e.